The van der Waals surface area contributed by atoms with Crippen LogP contribution < -0.4 is 4.74 Å². The van der Waals surface area contributed by atoms with Crippen LogP contribution in [0.25, 0.3) is 0 Å². The van der Waals surface area contributed by atoms with E-state index in [1.54, 1.807) is 6.92 Å². The summed E-state index contributed by atoms with van der Waals surface area (Å²) in [6, 6.07) is 7.59. The molecule has 0 spiro atoms. The van der Waals surface area contributed by atoms with E-state index in [-0.39, 0.29) is 12.3 Å². The Kier molecular flexibility index (Phi) is 7.39. The maximum atomic E-state index is 10.9. The first kappa shape index (κ1) is 17.1. The van der Waals surface area contributed by atoms with E-state index in [4.69, 9.17) is 9.84 Å². The SMILES string of the molecule is CC#CC(CC(=O)O)c1ccc(OCC(CC)CC)cc1. The second kappa shape index (κ2) is 9.07. The molecule has 0 aromatic heterocycles. The summed E-state index contributed by atoms with van der Waals surface area (Å²) in [4.78, 5) is 10.9. The predicted molar refractivity (Wildman–Crippen MR) is 84.5 cm³/mol. The Morgan fingerprint density at radius 1 is 1.24 bits per heavy atom. The summed E-state index contributed by atoms with van der Waals surface area (Å²) in [6.45, 7) is 6.78. The van der Waals surface area contributed by atoms with Gasteiger partial charge in [-0.1, -0.05) is 44.7 Å². The van der Waals surface area contributed by atoms with Crippen LogP contribution in [0.15, 0.2) is 24.3 Å². The summed E-state index contributed by atoms with van der Waals surface area (Å²) in [6.07, 6.45) is 2.25. The van der Waals surface area contributed by atoms with E-state index < -0.39 is 5.97 Å². The number of carbonyl (C=O) groups is 1. The molecule has 0 aliphatic carbocycles. The molecule has 1 aromatic rings. The van der Waals surface area contributed by atoms with E-state index in [9.17, 15) is 4.79 Å². The molecule has 0 saturated heterocycles. The third-order valence-electron chi connectivity index (χ3n) is 3.62. The van der Waals surface area contributed by atoms with Gasteiger partial charge in [-0.25, -0.2) is 0 Å². The van der Waals surface area contributed by atoms with Gasteiger partial charge in [0.1, 0.15) is 5.75 Å². The molecule has 1 atom stereocenters. The van der Waals surface area contributed by atoms with Crippen molar-refractivity contribution in [2.24, 2.45) is 5.92 Å². The number of benzene rings is 1. The summed E-state index contributed by atoms with van der Waals surface area (Å²) < 4.78 is 5.77. The Bertz CT molecular complexity index is 489. The van der Waals surface area contributed by atoms with E-state index in [1.165, 1.54) is 0 Å². The highest BCUT2D eigenvalue weighted by Crippen LogP contribution is 2.22. The fourth-order valence-corrected chi connectivity index (χ4v) is 2.14. The molecule has 3 heteroatoms. The monoisotopic (exact) mass is 288 g/mol. The van der Waals surface area contributed by atoms with Gasteiger partial charge in [-0.15, -0.1) is 5.92 Å². The summed E-state index contributed by atoms with van der Waals surface area (Å²) >= 11 is 0. The highest BCUT2D eigenvalue weighted by Gasteiger charge is 2.13. The molecule has 0 radical (unpaired) electrons. The van der Waals surface area contributed by atoms with Crippen molar-refractivity contribution in [3.8, 4) is 17.6 Å². The number of carboxylic acid groups (broad SMARTS) is 1. The van der Waals surface area contributed by atoms with Crippen molar-refractivity contribution in [3.05, 3.63) is 29.8 Å². The fraction of sp³-hybridized carbons (Fsp3) is 0.500. The lowest BCUT2D eigenvalue weighted by Gasteiger charge is -2.14. The zero-order valence-electron chi connectivity index (χ0n) is 13.1. The van der Waals surface area contributed by atoms with Crippen molar-refractivity contribution in [2.75, 3.05) is 6.61 Å². The van der Waals surface area contributed by atoms with Crippen LogP contribution in [0.2, 0.25) is 0 Å². The molecule has 0 saturated carbocycles. The number of ether oxygens (including phenoxy) is 1. The molecule has 0 bridgehead atoms. The zero-order valence-corrected chi connectivity index (χ0v) is 13.1. The normalized spacial score (nSPS) is 11.6. The van der Waals surface area contributed by atoms with Crippen LogP contribution >= 0.6 is 0 Å². The van der Waals surface area contributed by atoms with Crippen LogP contribution in [0.5, 0.6) is 5.75 Å². The van der Waals surface area contributed by atoms with Gasteiger partial charge >= 0.3 is 5.97 Å². The molecule has 1 N–H and O–H groups in total. The Morgan fingerprint density at radius 2 is 1.86 bits per heavy atom. The summed E-state index contributed by atoms with van der Waals surface area (Å²) in [7, 11) is 0. The second-order valence-electron chi connectivity index (χ2n) is 5.11. The van der Waals surface area contributed by atoms with Gasteiger partial charge in [0.15, 0.2) is 0 Å². The minimum absolute atomic E-state index is 0.0226. The highest BCUT2D eigenvalue weighted by molar-refractivity contribution is 5.69. The van der Waals surface area contributed by atoms with Crippen molar-refractivity contribution in [2.45, 2.75) is 46.0 Å². The minimum Gasteiger partial charge on any atom is -0.493 e. The van der Waals surface area contributed by atoms with E-state index in [0.29, 0.717) is 5.92 Å². The van der Waals surface area contributed by atoms with Crippen molar-refractivity contribution < 1.29 is 14.6 Å². The Balaban J connectivity index is 2.70. The van der Waals surface area contributed by atoms with Gasteiger partial charge in [0.2, 0.25) is 0 Å². The van der Waals surface area contributed by atoms with Crippen LogP contribution in [-0.4, -0.2) is 17.7 Å². The zero-order chi connectivity index (χ0) is 15.7. The lowest BCUT2D eigenvalue weighted by atomic mass is 9.96. The van der Waals surface area contributed by atoms with Crippen molar-refractivity contribution in [1.82, 2.24) is 0 Å². The van der Waals surface area contributed by atoms with Crippen LogP contribution in [0.3, 0.4) is 0 Å². The summed E-state index contributed by atoms with van der Waals surface area (Å²) in [5.41, 5.74) is 0.918. The minimum atomic E-state index is -0.836. The van der Waals surface area contributed by atoms with E-state index in [0.717, 1.165) is 30.8 Å². The Hall–Kier alpha value is -1.95. The van der Waals surface area contributed by atoms with E-state index in [1.807, 2.05) is 24.3 Å². The molecule has 1 aromatic carbocycles. The molecule has 0 aliphatic heterocycles. The first-order valence-corrected chi connectivity index (χ1v) is 7.47. The van der Waals surface area contributed by atoms with Gasteiger partial charge in [0, 0.05) is 0 Å². The van der Waals surface area contributed by atoms with Gasteiger partial charge in [0.25, 0.3) is 0 Å². The van der Waals surface area contributed by atoms with Crippen molar-refractivity contribution in [1.29, 1.82) is 0 Å². The first-order valence-electron chi connectivity index (χ1n) is 7.47. The Labute approximate surface area is 127 Å². The number of aliphatic carboxylic acids is 1. The van der Waals surface area contributed by atoms with Gasteiger partial charge in [-0.3, -0.25) is 4.79 Å². The smallest absolute Gasteiger partial charge is 0.304 e. The molecule has 0 fully saturated rings. The molecule has 1 rings (SSSR count). The molecule has 1 unspecified atom stereocenters. The Morgan fingerprint density at radius 3 is 2.33 bits per heavy atom. The van der Waals surface area contributed by atoms with Crippen LogP contribution in [-0.2, 0) is 4.79 Å². The lowest BCUT2D eigenvalue weighted by Crippen LogP contribution is -2.10. The number of hydrogen-bond acceptors (Lipinski definition) is 2. The van der Waals surface area contributed by atoms with Gasteiger partial charge in [-0.05, 0) is 30.5 Å². The molecule has 3 nitrogen and oxygen atoms in total. The third kappa shape index (κ3) is 5.91. The average molecular weight is 288 g/mol. The summed E-state index contributed by atoms with van der Waals surface area (Å²) in [5, 5.41) is 8.93. The lowest BCUT2D eigenvalue weighted by molar-refractivity contribution is -0.137. The fourth-order valence-electron chi connectivity index (χ4n) is 2.14. The van der Waals surface area contributed by atoms with Gasteiger partial charge in [0.05, 0.1) is 18.9 Å². The van der Waals surface area contributed by atoms with E-state index >= 15 is 0 Å². The highest BCUT2D eigenvalue weighted by atomic mass is 16.5. The van der Waals surface area contributed by atoms with Gasteiger partial charge < -0.3 is 9.84 Å². The average Bonchev–Trinajstić information content (AvgIpc) is 2.48. The number of hydrogen-bond donors (Lipinski definition) is 1. The first-order chi connectivity index (χ1) is 10.1. The van der Waals surface area contributed by atoms with Crippen LogP contribution in [0.1, 0.15) is 51.5 Å². The van der Waals surface area contributed by atoms with Crippen LogP contribution in [0, 0.1) is 17.8 Å². The molecular formula is C18H24O3. The maximum absolute atomic E-state index is 10.9. The quantitative estimate of drug-likeness (QED) is 0.733. The predicted octanol–water partition coefficient (Wildman–Crippen LogP) is 4.08. The topological polar surface area (TPSA) is 46.5 Å². The van der Waals surface area contributed by atoms with Crippen molar-refractivity contribution >= 4 is 5.97 Å². The molecule has 114 valence electrons. The second-order valence-corrected chi connectivity index (χ2v) is 5.11. The van der Waals surface area contributed by atoms with Crippen LogP contribution in [0.4, 0.5) is 0 Å². The largest absolute Gasteiger partial charge is 0.493 e. The third-order valence-corrected chi connectivity index (χ3v) is 3.62. The molecule has 0 amide bonds. The standard InChI is InChI=1S/C18H24O3/c1-4-7-16(12-18(19)20)15-8-10-17(11-9-15)21-13-14(5-2)6-3/h8-11,14,16H,5-6,12-13H2,1-3H3,(H,19,20). The van der Waals surface area contributed by atoms with Crippen molar-refractivity contribution in [3.63, 3.8) is 0 Å². The molecule has 21 heavy (non-hydrogen) atoms. The van der Waals surface area contributed by atoms with Gasteiger partial charge in [-0.2, -0.15) is 0 Å². The maximum Gasteiger partial charge on any atom is 0.304 e. The summed E-state index contributed by atoms with van der Waals surface area (Å²) in [5.74, 6) is 6.05. The molecule has 0 aliphatic rings. The molecule has 0 heterocycles. The van der Waals surface area contributed by atoms with E-state index in [2.05, 4.69) is 25.7 Å². The molecular weight excluding hydrogens is 264 g/mol. The number of carboxylic acids is 1. The number of rotatable bonds is 8.